The number of benzene rings is 1. The van der Waals surface area contributed by atoms with Gasteiger partial charge in [-0.3, -0.25) is 5.48 Å². The van der Waals surface area contributed by atoms with Crippen LogP contribution in [-0.4, -0.2) is 21.9 Å². The molecule has 4 heteroatoms. The molecule has 0 saturated heterocycles. The first-order valence-electron chi connectivity index (χ1n) is 20.1. The summed E-state index contributed by atoms with van der Waals surface area (Å²) in [7, 11) is 0. The van der Waals surface area contributed by atoms with Crippen molar-refractivity contribution < 1.29 is 24.8 Å². The summed E-state index contributed by atoms with van der Waals surface area (Å²) in [5.74, 6) is 8.78. The molecule has 47 heavy (non-hydrogen) atoms. The van der Waals surface area contributed by atoms with Crippen LogP contribution < -0.4 is 0 Å². The highest BCUT2D eigenvalue weighted by molar-refractivity contribution is 5.11. The Morgan fingerprint density at radius 3 is 0.851 bits per heavy atom. The standard InChI is InChI=1S/C19H34.C13H24.C7H8.2C2H6.3H2O.HO.2H2/c1-15-7-9-17(10-8-15)19-13-11-18(12-14-19)16-5-3-2-4-6-16;1-11-7-9-13(10-8-11)12-5-3-2-4-6-12;1-7-5-3-2-4-6-7;2*1-2;;;;;;/h15-19H,2-14H2,1H3;11-13H,2-10H2,1H3;2-6H,1H3;2*1-2H3;3*1H2;3*1H. The van der Waals surface area contributed by atoms with E-state index in [0.29, 0.717) is 0 Å². The van der Waals surface area contributed by atoms with Gasteiger partial charge < -0.3 is 16.4 Å². The summed E-state index contributed by atoms with van der Waals surface area (Å²) in [4.78, 5) is 0. The first-order chi connectivity index (χ1) is 21.1. The maximum atomic E-state index is 2.45. The molecule has 1 aromatic rings. The van der Waals surface area contributed by atoms with E-state index < -0.39 is 0 Å². The number of hydrogen-bond acceptors (Lipinski definition) is 0. The van der Waals surface area contributed by atoms with Gasteiger partial charge in [-0.1, -0.05) is 167 Å². The first kappa shape index (κ1) is 50.4. The summed E-state index contributed by atoms with van der Waals surface area (Å²) < 4.78 is 0. The molecule has 0 atom stereocenters. The Kier molecular flexibility index (Phi) is 33.3. The highest BCUT2D eigenvalue weighted by Crippen LogP contribution is 2.45. The second-order valence-corrected chi connectivity index (χ2v) is 15.2. The van der Waals surface area contributed by atoms with E-state index in [4.69, 9.17) is 0 Å². The minimum Gasteiger partial charge on any atom is -0.412 e. The molecular weight excluding hydrogens is 580 g/mol. The molecular formula is C43H89O4. The lowest BCUT2D eigenvalue weighted by molar-refractivity contribution is 0.115. The van der Waals surface area contributed by atoms with Gasteiger partial charge in [0.2, 0.25) is 0 Å². The quantitative estimate of drug-likeness (QED) is 0.329. The van der Waals surface area contributed by atoms with Crippen LogP contribution in [0.15, 0.2) is 30.3 Å². The Labute approximate surface area is 297 Å². The van der Waals surface area contributed by atoms with Crippen LogP contribution in [0.4, 0.5) is 0 Å². The smallest absolute Gasteiger partial charge is 0 e. The van der Waals surface area contributed by atoms with E-state index in [2.05, 4.69) is 32.9 Å². The lowest BCUT2D eigenvalue weighted by atomic mass is 9.66. The van der Waals surface area contributed by atoms with Crippen LogP contribution in [0.1, 0.15) is 191 Å². The predicted octanol–water partition coefficient (Wildman–Crippen LogP) is 12.5. The molecule has 5 aliphatic rings. The Morgan fingerprint density at radius 1 is 0.383 bits per heavy atom. The number of hydrogen-bond donors (Lipinski definition) is 1. The molecule has 7 N–H and O–H groups in total. The molecule has 0 amide bonds. The summed E-state index contributed by atoms with van der Waals surface area (Å²) in [5, 5.41) is 0. The molecule has 1 radical (unpaired) electrons. The van der Waals surface area contributed by atoms with Crippen molar-refractivity contribution in [2.75, 3.05) is 0 Å². The van der Waals surface area contributed by atoms with Crippen LogP contribution in [0.3, 0.4) is 0 Å². The lowest BCUT2D eigenvalue weighted by Gasteiger charge is -2.40. The van der Waals surface area contributed by atoms with E-state index in [1.807, 2.05) is 45.9 Å². The van der Waals surface area contributed by atoms with Crippen LogP contribution in [-0.2, 0) is 0 Å². The zero-order chi connectivity index (χ0) is 31.3. The van der Waals surface area contributed by atoms with Crippen molar-refractivity contribution in [3.8, 4) is 0 Å². The summed E-state index contributed by atoms with van der Waals surface area (Å²) in [5.41, 5.74) is 1.32. The Hall–Kier alpha value is -0.940. The second kappa shape index (κ2) is 31.1. The predicted molar refractivity (Wildman–Crippen MR) is 212 cm³/mol. The molecule has 0 spiro atoms. The summed E-state index contributed by atoms with van der Waals surface area (Å²) in [6, 6.07) is 10.3. The Balaban J connectivity index is -0.000000190. The minimum absolute atomic E-state index is 0. The van der Waals surface area contributed by atoms with E-state index in [9.17, 15) is 0 Å². The zero-order valence-corrected chi connectivity index (χ0v) is 32.5. The van der Waals surface area contributed by atoms with Crippen molar-refractivity contribution in [2.45, 2.75) is 190 Å². The van der Waals surface area contributed by atoms with Crippen LogP contribution in [0.2, 0.25) is 0 Å². The number of aryl methyl sites for hydroxylation is 1. The van der Waals surface area contributed by atoms with Gasteiger partial charge in [0.1, 0.15) is 0 Å². The van der Waals surface area contributed by atoms with Crippen LogP contribution in [0, 0.1) is 54.3 Å². The van der Waals surface area contributed by atoms with Gasteiger partial charge in [-0.05, 0) is 106 Å². The molecule has 4 nitrogen and oxygen atoms in total. The fourth-order valence-corrected chi connectivity index (χ4v) is 9.35. The van der Waals surface area contributed by atoms with Crippen LogP contribution >= 0.6 is 0 Å². The van der Waals surface area contributed by atoms with E-state index >= 15 is 0 Å². The molecule has 0 bridgehead atoms. The summed E-state index contributed by atoms with van der Waals surface area (Å²) >= 11 is 0. The third kappa shape index (κ3) is 19.7. The molecule has 285 valence electrons. The van der Waals surface area contributed by atoms with Crippen molar-refractivity contribution in [1.82, 2.24) is 0 Å². The summed E-state index contributed by atoms with van der Waals surface area (Å²) in [6.45, 7) is 15.0. The van der Waals surface area contributed by atoms with E-state index in [1.165, 1.54) is 69.8 Å². The van der Waals surface area contributed by atoms with Gasteiger partial charge in [-0.25, -0.2) is 0 Å². The van der Waals surface area contributed by atoms with Crippen molar-refractivity contribution >= 4 is 0 Å². The van der Waals surface area contributed by atoms with Crippen molar-refractivity contribution in [2.24, 2.45) is 47.3 Å². The fraction of sp³-hybridized carbons (Fsp3) is 0.860. The topological polar surface area (TPSA) is 124 Å². The molecule has 0 aromatic heterocycles. The highest BCUT2D eigenvalue weighted by atomic mass is 16.0. The monoisotopic (exact) mass is 670 g/mol. The average Bonchev–Trinajstić information content (AvgIpc) is 3.09. The Morgan fingerprint density at radius 2 is 0.617 bits per heavy atom. The molecule has 5 aliphatic carbocycles. The van der Waals surface area contributed by atoms with Gasteiger partial charge in [-0.15, -0.1) is 0 Å². The third-order valence-corrected chi connectivity index (χ3v) is 12.2. The van der Waals surface area contributed by atoms with Gasteiger partial charge >= 0.3 is 0 Å². The largest absolute Gasteiger partial charge is 0.412 e. The molecule has 0 aliphatic heterocycles. The average molecular weight is 670 g/mol. The molecule has 0 heterocycles. The Bertz CT molecular complexity index is 746. The van der Waals surface area contributed by atoms with Crippen molar-refractivity contribution in [1.29, 1.82) is 0 Å². The van der Waals surface area contributed by atoms with Crippen LogP contribution in [0.25, 0.3) is 0 Å². The molecule has 5 fully saturated rings. The molecule has 6 rings (SSSR count). The van der Waals surface area contributed by atoms with Gasteiger partial charge in [0.05, 0.1) is 0 Å². The van der Waals surface area contributed by atoms with Crippen LogP contribution in [0.5, 0.6) is 0 Å². The molecule has 0 unspecified atom stereocenters. The number of rotatable bonds is 3. The summed E-state index contributed by atoms with van der Waals surface area (Å²) in [6.07, 6.45) is 34.0. The van der Waals surface area contributed by atoms with Crippen molar-refractivity contribution in [3.63, 3.8) is 0 Å². The fourth-order valence-electron chi connectivity index (χ4n) is 9.35. The highest BCUT2D eigenvalue weighted by Gasteiger charge is 2.33. The normalized spacial score (nSPS) is 29.0. The maximum absolute atomic E-state index is 2.45. The second-order valence-electron chi connectivity index (χ2n) is 15.2. The SMILES string of the molecule is CC.CC.CC1CCC(C2CCC(C3CCCCC3)CC2)CC1.CC1CCC(C2CCCCC2)CC1.Cc1ccccc1.O.O.O.[HH].[HH].[OH]. The zero-order valence-electron chi connectivity index (χ0n) is 32.5. The van der Waals surface area contributed by atoms with Gasteiger partial charge in [0.15, 0.2) is 0 Å². The van der Waals surface area contributed by atoms with Gasteiger partial charge in [0, 0.05) is 2.85 Å². The van der Waals surface area contributed by atoms with E-state index in [0.717, 1.165) is 47.3 Å². The lowest BCUT2D eigenvalue weighted by Crippen LogP contribution is -2.28. The van der Waals surface area contributed by atoms with E-state index in [1.54, 1.807) is 77.0 Å². The minimum atomic E-state index is 0. The first-order valence-corrected chi connectivity index (χ1v) is 20.1. The molecule has 5 saturated carbocycles. The third-order valence-electron chi connectivity index (χ3n) is 12.2. The van der Waals surface area contributed by atoms with Crippen molar-refractivity contribution in [3.05, 3.63) is 35.9 Å². The molecule has 1 aromatic carbocycles. The van der Waals surface area contributed by atoms with Gasteiger partial charge in [-0.2, -0.15) is 0 Å². The van der Waals surface area contributed by atoms with Gasteiger partial charge in [0.25, 0.3) is 0 Å². The maximum Gasteiger partial charge on any atom is 0 e. The van der Waals surface area contributed by atoms with E-state index in [-0.39, 0.29) is 24.8 Å².